The van der Waals surface area contributed by atoms with Gasteiger partial charge in [0.1, 0.15) is 5.75 Å². The summed E-state index contributed by atoms with van der Waals surface area (Å²) >= 11 is 0. The molecule has 1 N–H and O–H groups in total. The van der Waals surface area contributed by atoms with Crippen LogP contribution in [-0.4, -0.2) is 18.2 Å². The summed E-state index contributed by atoms with van der Waals surface area (Å²) in [6.07, 6.45) is 2.90. The maximum absolute atomic E-state index is 12.1. The maximum Gasteiger partial charge on any atom is 0.258 e. The number of nitrogens with zero attached hydrogens (tertiary/aromatic N) is 1. The summed E-state index contributed by atoms with van der Waals surface area (Å²) in [5.41, 5.74) is 2.51. The van der Waals surface area contributed by atoms with E-state index in [4.69, 9.17) is 9.26 Å². The van der Waals surface area contributed by atoms with E-state index in [1.165, 1.54) is 0 Å². The largest absolute Gasteiger partial charge is 0.497 e. The zero-order chi connectivity index (χ0) is 13.2. The van der Waals surface area contributed by atoms with Crippen LogP contribution in [0.3, 0.4) is 0 Å². The van der Waals surface area contributed by atoms with Crippen molar-refractivity contribution in [1.29, 1.82) is 0 Å². The van der Waals surface area contributed by atoms with Crippen LogP contribution in [0.4, 0.5) is 5.88 Å². The molecule has 0 bridgehead atoms. The zero-order valence-corrected chi connectivity index (χ0v) is 10.6. The van der Waals surface area contributed by atoms with Crippen LogP contribution in [0.25, 0.3) is 0 Å². The summed E-state index contributed by atoms with van der Waals surface area (Å²) in [7, 11) is 1.57. The van der Waals surface area contributed by atoms with E-state index in [1.807, 2.05) is 0 Å². The minimum atomic E-state index is -0.218. The molecule has 98 valence electrons. The quantitative estimate of drug-likeness (QED) is 0.918. The number of methoxy groups -OCH3 is 1. The van der Waals surface area contributed by atoms with Crippen molar-refractivity contribution in [3.05, 3.63) is 41.1 Å². The van der Waals surface area contributed by atoms with Gasteiger partial charge in [-0.2, -0.15) is 0 Å². The lowest BCUT2D eigenvalue weighted by Gasteiger charge is -2.04. The summed E-state index contributed by atoms with van der Waals surface area (Å²) in [6, 6.07) is 6.99. The first-order valence-electron chi connectivity index (χ1n) is 6.21. The number of anilines is 1. The van der Waals surface area contributed by atoms with Gasteiger partial charge in [-0.1, -0.05) is 11.2 Å². The zero-order valence-electron chi connectivity index (χ0n) is 10.6. The Morgan fingerprint density at radius 1 is 1.42 bits per heavy atom. The number of carbonyl (C=O) groups is 1. The number of carbonyl (C=O) groups excluding carboxylic acids is 1. The average molecular weight is 258 g/mol. The molecule has 0 fully saturated rings. The van der Waals surface area contributed by atoms with Crippen LogP contribution in [0.1, 0.15) is 28.0 Å². The molecule has 5 heteroatoms. The smallest absolute Gasteiger partial charge is 0.258 e. The lowest BCUT2D eigenvalue weighted by molar-refractivity contribution is 0.102. The van der Waals surface area contributed by atoms with Crippen LogP contribution in [-0.2, 0) is 12.8 Å². The summed E-state index contributed by atoms with van der Waals surface area (Å²) in [4.78, 5) is 12.1. The Morgan fingerprint density at radius 3 is 3.16 bits per heavy atom. The van der Waals surface area contributed by atoms with Crippen molar-refractivity contribution in [3.63, 3.8) is 0 Å². The highest BCUT2D eigenvalue weighted by molar-refractivity contribution is 6.04. The normalized spacial score (nSPS) is 13.1. The van der Waals surface area contributed by atoms with Gasteiger partial charge in [-0.3, -0.25) is 10.1 Å². The third-order valence-corrected chi connectivity index (χ3v) is 3.27. The fraction of sp³-hybridized carbons (Fsp3) is 0.286. The number of nitrogens with one attached hydrogen (secondary N) is 1. The number of ether oxygens (including phenoxy) is 1. The van der Waals surface area contributed by atoms with Crippen molar-refractivity contribution in [3.8, 4) is 5.75 Å². The van der Waals surface area contributed by atoms with Crippen LogP contribution >= 0.6 is 0 Å². The van der Waals surface area contributed by atoms with Crippen LogP contribution in [0.5, 0.6) is 5.75 Å². The predicted octanol–water partition coefficient (Wildman–Crippen LogP) is 2.42. The van der Waals surface area contributed by atoms with Crippen LogP contribution in [0.15, 0.2) is 28.8 Å². The van der Waals surface area contributed by atoms with E-state index < -0.39 is 0 Å². The molecule has 19 heavy (non-hydrogen) atoms. The van der Waals surface area contributed by atoms with Crippen LogP contribution in [0.2, 0.25) is 0 Å². The molecule has 0 spiro atoms. The third kappa shape index (κ3) is 2.19. The Hall–Kier alpha value is -2.30. The highest BCUT2D eigenvalue weighted by atomic mass is 16.5. The highest BCUT2D eigenvalue weighted by Gasteiger charge is 2.22. The van der Waals surface area contributed by atoms with Crippen molar-refractivity contribution in [2.24, 2.45) is 0 Å². The Bertz CT molecular complexity index is 619. The van der Waals surface area contributed by atoms with Crippen molar-refractivity contribution < 1.29 is 14.1 Å². The van der Waals surface area contributed by atoms with Gasteiger partial charge in [0.2, 0.25) is 5.88 Å². The Morgan fingerprint density at radius 2 is 2.32 bits per heavy atom. The topological polar surface area (TPSA) is 64.4 Å². The Kier molecular flexibility index (Phi) is 2.95. The highest BCUT2D eigenvalue weighted by Crippen LogP contribution is 2.28. The van der Waals surface area contributed by atoms with E-state index in [0.29, 0.717) is 17.2 Å². The molecule has 3 rings (SSSR count). The summed E-state index contributed by atoms with van der Waals surface area (Å²) < 4.78 is 10.3. The molecule has 1 aromatic carbocycles. The number of fused-ring (bicyclic) bond motifs is 1. The first kappa shape index (κ1) is 11.8. The van der Waals surface area contributed by atoms with E-state index in [0.717, 1.165) is 30.5 Å². The van der Waals surface area contributed by atoms with Gasteiger partial charge in [-0.15, -0.1) is 0 Å². The third-order valence-electron chi connectivity index (χ3n) is 3.27. The molecular formula is C14H14N2O3. The number of rotatable bonds is 3. The van der Waals surface area contributed by atoms with Gasteiger partial charge in [0.25, 0.3) is 5.91 Å². The summed E-state index contributed by atoms with van der Waals surface area (Å²) in [6.45, 7) is 0. The number of benzene rings is 1. The lowest BCUT2D eigenvalue weighted by atomic mass is 10.2. The average Bonchev–Trinajstić information content (AvgIpc) is 3.04. The van der Waals surface area contributed by atoms with Crippen molar-refractivity contribution in [2.45, 2.75) is 19.3 Å². The standard InChI is InChI=1S/C14H14N2O3/c1-18-10-5-2-4-9(8-10)13(17)15-14-11-6-3-7-12(11)16-19-14/h2,4-5,8H,3,6-7H2,1H3,(H,15,17). The summed E-state index contributed by atoms with van der Waals surface area (Å²) in [5, 5.41) is 6.73. The van der Waals surface area contributed by atoms with Gasteiger partial charge >= 0.3 is 0 Å². The van der Waals surface area contributed by atoms with Crippen LogP contribution < -0.4 is 10.1 Å². The van der Waals surface area contributed by atoms with Gasteiger partial charge in [0.15, 0.2) is 0 Å². The van der Waals surface area contributed by atoms with Gasteiger partial charge in [-0.05, 0) is 37.5 Å². The molecular weight excluding hydrogens is 244 g/mol. The van der Waals surface area contributed by atoms with Gasteiger partial charge in [-0.25, -0.2) is 0 Å². The maximum atomic E-state index is 12.1. The van der Waals surface area contributed by atoms with E-state index in [9.17, 15) is 4.79 Å². The van der Waals surface area contributed by atoms with Crippen molar-refractivity contribution in [2.75, 3.05) is 12.4 Å². The lowest BCUT2D eigenvalue weighted by Crippen LogP contribution is -2.12. The van der Waals surface area contributed by atoms with Gasteiger partial charge < -0.3 is 9.26 Å². The Balaban J connectivity index is 1.80. The summed E-state index contributed by atoms with van der Waals surface area (Å²) in [5.74, 6) is 0.903. The predicted molar refractivity (Wildman–Crippen MR) is 69.5 cm³/mol. The second-order valence-corrected chi connectivity index (χ2v) is 4.48. The number of aromatic nitrogens is 1. The molecule has 5 nitrogen and oxygen atoms in total. The molecule has 0 saturated heterocycles. The molecule has 1 aliphatic rings. The molecule has 2 aromatic rings. The van der Waals surface area contributed by atoms with Gasteiger partial charge in [0.05, 0.1) is 12.8 Å². The number of amides is 1. The molecule has 1 amide bonds. The molecule has 1 aromatic heterocycles. The minimum Gasteiger partial charge on any atom is -0.497 e. The van der Waals surface area contributed by atoms with E-state index in [-0.39, 0.29) is 5.91 Å². The second-order valence-electron chi connectivity index (χ2n) is 4.48. The molecule has 0 saturated carbocycles. The molecule has 0 unspecified atom stereocenters. The first-order chi connectivity index (χ1) is 9.28. The Labute approximate surface area is 110 Å². The molecule has 0 atom stereocenters. The van der Waals surface area contributed by atoms with E-state index in [2.05, 4.69) is 10.5 Å². The minimum absolute atomic E-state index is 0.218. The fourth-order valence-electron chi connectivity index (χ4n) is 2.27. The second kappa shape index (κ2) is 4.76. The van der Waals surface area contributed by atoms with E-state index in [1.54, 1.807) is 31.4 Å². The monoisotopic (exact) mass is 258 g/mol. The molecule has 1 heterocycles. The number of hydrogen-bond donors (Lipinski definition) is 1. The van der Waals surface area contributed by atoms with Crippen molar-refractivity contribution >= 4 is 11.8 Å². The molecule has 1 aliphatic carbocycles. The molecule has 0 aliphatic heterocycles. The van der Waals surface area contributed by atoms with E-state index >= 15 is 0 Å². The van der Waals surface area contributed by atoms with Crippen molar-refractivity contribution in [1.82, 2.24) is 5.16 Å². The fourth-order valence-corrected chi connectivity index (χ4v) is 2.27. The number of hydrogen-bond acceptors (Lipinski definition) is 4. The number of aryl methyl sites for hydroxylation is 1. The van der Waals surface area contributed by atoms with Crippen LogP contribution in [0, 0.1) is 0 Å². The molecule has 0 radical (unpaired) electrons. The van der Waals surface area contributed by atoms with Gasteiger partial charge in [0, 0.05) is 11.1 Å². The SMILES string of the molecule is COc1cccc(C(=O)Nc2onc3c2CCC3)c1. The first-order valence-corrected chi connectivity index (χ1v) is 6.21.